The molecule has 4 aromatic heterocycles. The topological polar surface area (TPSA) is 60.9 Å². The van der Waals surface area contributed by atoms with Crippen LogP contribution in [-0.2, 0) is 5.75 Å². The first kappa shape index (κ1) is 18.5. The predicted octanol–water partition coefficient (Wildman–Crippen LogP) is 5.66. The Bertz CT molecular complexity index is 1150. The zero-order chi connectivity index (χ0) is 19.1. The van der Waals surface area contributed by atoms with Crippen molar-refractivity contribution in [1.29, 1.82) is 0 Å². The highest BCUT2D eigenvalue weighted by atomic mass is 32.2. The fourth-order valence-electron chi connectivity index (χ4n) is 2.87. The van der Waals surface area contributed by atoms with Crippen molar-refractivity contribution in [3.63, 3.8) is 0 Å². The van der Waals surface area contributed by atoms with Crippen molar-refractivity contribution < 1.29 is 4.42 Å². The smallest absolute Gasteiger partial charge is 0.263 e. The van der Waals surface area contributed by atoms with Crippen LogP contribution in [0.25, 0.3) is 21.0 Å². The van der Waals surface area contributed by atoms with Crippen molar-refractivity contribution in [2.45, 2.75) is 44.6 Å². The molecule has 0 saturated carbocycles. The predicted molar refractivity (Wildman–Crippen MR) is 113 cm³/mol. The number of nitrogens with zero attached hydrogens (tertiary/aromatic N) is 3. The van der Waals surface area contributed by atoms with E-state index in [9.17, 15) is 4.79 Å². The number of thiophene rings is 2. The van der Waals surface area contributed by atoms with Gasteiger partial charge in [-0.1, -0.05) is 17.8 Å². The third kappa shape index (κ3) is 3.37. The first-order valence-corrected chi connectivity index (χ1v) is 11.3. The molecule has 4 aromatic rings. The van der Waals surface area contributed by atoms with Gasteiger partial charge in [0.15, 0.2) is 5.16 Å². The third-order valence-electron chi connectivity index (χ3n) is 4.35. The summed E-state index contributed by atoms with van der Waals surface area (Å²) >= 11 is 4.70. The lowest BCUT2D eigenvalue weighted by molar-refractivity contribution is 0.519. The quantitative estimate of drug-likeness (QED) is 0.309. The second-order valence-electron chi connectivity index (χ2n) is 6.54. The second kappa shape index (κ2) is 7.26. The highest BCUT2D eigenvalue weighted by molar-refractivity contribution is 7.98. The van der Waals surface area contributed by atoms with Gasteiger partial charge in [0.2, 0.25) is 5.89 Å². The molecule has 27 heavy (non-hydrogen) atoms. The highest BCUT2D eigenvalue weighted by Gasteiger charge is 2.19. The number of hydrogen-bond acceptors (Lipinski definition) is 7. The van der Waals surface area contributed by atoms with Gasteiger partial charge in [-0.05, 0) is 44.7 Å². The van der Waals surface area contributed by atoms with E-state index in [2.05, 4.69) is 4.98 Å². The molecule has 0 spiro atoms. The summed E-state index contributed by atoms with van der Waals surface area (Å²) in [6.45, 7) is 8.06. The van der Waals surface area contributed by atoms with Gasteiger partial charge >= 0.3 is 0 Å². The van der Waals surface area contributed by atoms with E-state index in [1.165, 1.54) is 11.8 Å². The van der Waals surface area contributed by atoms with Gasteiger partial charge in [0.1, 0.15) is 11.1 Å². The van der Waals surface area contributed by atoms with E-state index in [4.69, 9.17) is 9.40 Å². The average molecular weight is 418 g/mol. The highest BCUT2D eigenvalue weighted by Crippen LogP contribution is 2.31. The lowest BCUT2D eigenvalue weighted by Gasteiger charge is -2.14. The molecule has 4 heterocycles. The van der Waals surface area contributed by atoms with E-state index in [1.54, 1.807) is 33.5 Å². The van der Waals surface area contributed by atoms with Crippen molar-refractivity contribution in [3.8, 4) is 10.8 Å². The molecule has 0 radical (unpaired) electrons. The van der Waals surface area contributed by atoms with E-state index < -0.39 is 0 Å². The number of rotatable bonds is 5. The van der Waals surface area contributed by atoms with Crippen molar-refractivity contribution in [2.24, 2.45) is 0 Å². The Morgan fingerprint density at radius 2 is 2.11 bits per heavy atom. The summed E-state index contributed by atoms with van der Waals surface area (Å²) in [4.78, 5) is 25.4. The third-order valence-corrected chi connectivity index (χ3v) is 7.30. The Balaban J connectivity index is 1.67. The molecule has 0 unspecified atom stereocenters. The van der Waals surface area contributed by atoms with Crippen molar-refractivity contribution in [1.82, 2.24) is 14.5 Å². The maximum absolute atomic E-state index is 13.1. The van der Waals surface area contributed by atoms with Gasteiger partial charge in [-0.25, -0.2) is 9.97 Å². The SMILES string of the molecule is Cc1sc2nc(SCc3coc(-c4cccs4)n3)n(C(C)C)c(=O)c2c1C. The van der Waals surface area contributed by atoms with Crippen LogP contribution in [0.3, 0.4) is 0 Å². The Labute approximate surface area is 169 Å². The normalized spacial score (nSPS) is 11.7. The van der Waals surface area contributed by atoms with Crippen molar-refractivity contribution in [2.75, 3.05) is 0 Å². The summed E-state index contributed by atoms with van der Waals surface area (Å²) < 4.78 is 7.37. The number of fused-ring (bicyclic) bond motifs is 1. The van der Waals surface area contributed by atoms with Crippen molar-refractivity contribution in [3.05, 3.63) is 50.3 Å². The van der Waals surface area contributed by atoms with Crippen LogP contribution < -0.4 is 5.56 Å². The second-order valence-corrected chi connectivity index (χ2v) is 9.63. The first-order chi connectivity index (χ1) is 13.0. The maximum Gasteiger partial charge on any atom is 0.263 e. The summed E-state index contributed by atoms with van der Waals surface area (Å²) in [7, 11) is 0. The van der Waals surface area contributed by atoms with Gasteiger partial charge in [0.05, 0.1) is 16.0 Å². The van der Waals surface area contributed by atoms with Crippen LogP contribution in [0, 0.1) is 13.8 Å². The van der Waals surface area contributed by atoms with E-state index >= 15 is 0 Å². The van der Waals surface area contributed by atoms with E-state index in [1.807, 2.05) is 45.2 Å². The Kier molecular flexibility index (Phi) is 4.96. The largest absolute Gasteiger partial charge is 0.444 e. The molecule has 0 aliphatic heterocycles. The van der Waals surface area contributed by atoms with Crippen molar-refractivity contribution >= 4 is 44.7 Å². The fraction of sp³-hybridized carbons (Fsp3) is 0.316. The minimum absolute atomic E-state index is 0.0375. The zero-order valence-corrected chi connectivity index (χ0v) is 17.9. The number of aryl methyl sites for hydroxylation is 2. The molecule has 0 aliphatic carbocycles. The minimum Gasteiger partial charge on any atom is -0.444 e. The lowest BCUT2D eigenvalue weighted by atomic mass is 10.2. The minimum atomic E-state index is 0.0375. The Morgan fingerprint density at radius 3 is 2.81 bits per heavy atom. The zero-order valence-electron chi connectivity index (χ0n) is 15.5. The molecule has 0 atom stereocenters. The number of aromatic nitrogens is 3. The van der Waals surface area contributed by atoms with Crippen LogP contribution in [0.4, 0.5) is 0 Å². The molecule has 5 nitrogen and oxygen atoms in total. The molecule has 140 valence electrons. The molecular formula is C19H19N3O2S3. The average Bonchev–Trinajstić information content (AvgIpc) is 3.34. The summed E-state index contributed by atoms with van der Waals surface area (Å²) in [5.74, 6) is 1.23. The van der Waals surface area contributed by atoms with Gasteiger partial charge in [-0.15, -0.1) is 22.7 Å². The van der Waals surface area contributed by atoms with E-state index in [0.717, 1.165) is 36.4 Å². The molecule has 0 aliphatic rings. The molecule has 0 aromatic carbocycles. The molecular weight excluding hydrogens is 398 g/mol. The van der Waals surface area contributed by atoms with E-state index in [-0.39, 0.29) is 11.6 Å². The van der Waals surface area contributed by atoms with Gasteiger partial charge in [0, 0.05) is 16.7 Å². The molecule has 0 fully saturated rings. The molecule has 0 saturated heterocycles. The van der Waals surface area contributed by atoms with Gasteiger partial charge in [-0.3, -0.25) is 9.36 Å². The van der Waals surface area contributed by atoms with Crippen LogP contribution in [0.5, 0.6) is 0 Å². The van der Waals surface area contributed by atoms with Gasteiger partial charge in [0.25, 0.3) is 5.56 Å². The monoisotopic (exact) mass is 417 g/mol. The number of oxazole rings is 1. The van der Waals surface area contributed by atoms with Crippen LogP contribution >= 0.6 is 34.4 Å². The lowest BCUT2D eigenvalue weighted by Crippen LogP contribution is -2.24. The molecule has 0 bridgehead atoms. The van der Waals surface area contributed by atoms with Crippen LogP contribution in [0.15, 0.2) is 38.1 Å². The molecule has 4 rings (SSSR count). The first-order valence-electron chi connectivity index (χ1n) is 8.59. The summed E-state index contributed by atoms with van der Waals surface area (Å²) in [5.41, 5.74) is 1.92. The summed E-state index contributed by atoms with van der Waals surface area (Å²) in [6, 6.07) is 4.00. The standard InChI is InChI=1S/C19H19N3O2S3/c1-10(2)22-18(23)15-11(3)12(4)27-17(15)21-19(22)26-9-13-8-24-16(20-13)14-6-5-7-25-14/h5-8,10H,9H2,1-4H3. The Morgan fingerprint density at radius 1 is 1.30 bits per heavy atom. The fourth-order valence-corrected chi connectivity index (χ4v) is 5.60. The van der Waals surface area contributed by atoms with Crippen LogP contribution in [0.2, 0.25) is 0 Å². The molecule has 0 amide bonds. The van der Waals surface area contributed by atoms with Gasteiger partial charge in [-0.2, -0.15) is 0 Å². The number of thioether (sulfide) groups is 1. The molecule has 0 N–H and O–H groups in total. The summed E-state index contributed by atoms with van der Waals surface area (Å²) in [5, 5.41) is 3.47. The van der Waals surface area contributed by atoms with Gasteiger partial charge < -0.3 is 4.42 Å². The maximum atomic E-state index is 13.1. The Hall–Kier alpha value is -1.90. The van der Waals surface area contributed by atoms with Crippen LogP contribution in [-0.4, -0.2) is 14.5 Å². The van der Waals surface area contributed by atoms with Crippen LogP contribution in [0.1, 0.15) is 36.0 Å². The number of hydrogen-bond donors (Lipinski definition) is 0. The molecule has 8 heteroatoms. The van der Waals surface area contributed by atoms with E-state index in [0.29, 0.717) is 11.6 Å². The summed E-state index contributed by atoms with van der Waals surface area (Å²) in [6.07, 6.45) is 1.68.